The van der Waals surface area contributed by atoms with Crippen molar-refractivity contribution in [3.63, 3.8) is 0 Å². The predicted octanol–water partition coefficient (Wildman–Crippen LogP) is 3.33. The molecule has 0 saturated carbocycles. The van der Waals surface area contributed by atoms with Gasteiger partial charge in [-0.25, -0.2) is 9.78 Å². The molecule has 6 heteroatoms. The van der Waals surface area contributed by atoms with Crippen molar-refractivity contribution in [2.45, 2.75) is 45.3 Å². The fourth-order valence-corrected chi connectivity index (χ4v) is 3.28. The second-order valence-electron chi connectivity index (χ2n) is 6.57. The number of carbonyl (C=O) groups is 1. The van der Waals surface area contributed by atoms with Crippen molar-refractivity contribution in [2.75, 3.05) is 11.9 Å². The quantitative estimate of drug-likeness (QED) is 0.895. The molecule has 2 heterocycles. The molecule has 2 N–H and O–H groups in total. The number of ether oxygens (including phenoxy) is 1. The van der Waals surface area contributed by atoms with E-state index in [-0.39, 0.29) is 18.2 Å². The summed E-state index contributed by atoms with van der Waals surface area (Å²) in [5, 5.41) is 6.00. The maximum Gasteiger partial charge on any atom is 0.319 e. The molecular weight excluding hydrogens is 316 g/mol. The highest BCUT2D eigenvalue weighted by molar-refractivity contribution is 5.89. The molecule has 1 aromatic heterocycles. The van der Waals surface area contributed by atoms with Gasteiger partial charge < -0.3 is 19.9 Å². The monoisotopic (exact) mass is 342 g/mol. The Balaban J connectivity index is 1.58. The van der Waals surface area contributed by atoms with Gasteiger partial charge in [-0.05, 0) is 43.0 Å². The second kappa shape index (κ2) is 7.70. The Morgan fingerprint density at radius 3 is 3.00 bits per heavy atom. The van der Waals surface area contributed by atoms with Crippen LogP contribution in [0.1, 0.15) is 42.8 Å². The maximum absolute atomic E-state index is 12.3. The van der Waals surface area contributed by atoms with Gasteiger partial charge in [-0.1, -0.05) is 13.0 Å². The van der Waals surface area contributed by atoms with E-state index < -0.39 is 0 Å². The van der Waals surface area contributed by atoms with Gasteiger partial charge in [-0.2, -0.15) is 0 Å². The topological polar surface area (TPSA) is 68.2 Å². The first-order valence-corrected chi connectivity index (χ1v) is 8.82. The molecule has 134 valence electrons. The van der Waals surface area contributed by atoms with Crippen molar-refractivity contribution in [3.05, 3.63) is 47.5 Å². The van der Waals surface area contributed by atoms with E-state index in [0.717, 1.165) is 30.8 Å². The molecule has 0 spiro atoms. The number of imidazole rings is 1. The van der Waals surface area contributed by atoms with E-state index in [9.17, 15) is 4.79 Å². The van der Waals surface area contributed by atoms with Gasteiger partial charge in [0.25, 0.3) is 0 Å². The van der Waals surface area contributed by atoms with E-state index >= 15 is 0 Å². The smallest absolute Gasteiger partial charge is 0.319 e. The molecule has 1 aliphatic rings. The SMILES string of the molecule is CCc1cc(NC(=O)N[C@H]2CCO[C@H](c3nccn3C)C2)ccc1C. The summed E-state index contributed by atoms with van der Waals surface area (Å²) in [6, 6.07) is 5.92. The maximum atomic E-state index is 12.3. The normalized spacial score (nSPS) is 20.3. The first-order chi connectivity index (χ1) is 12.1. The Morgan fingerprint density at radius 1 is 1.44 bits per heavy atom. The minimum absolute atomic E-state index is 0.0755. The standard InChI is InChI=1S/C19H26N4O2/c1-4-14-11-15(6-5-13(14)2)21-19(24)22-16-7-10-25-17(12-16)18-20-8-9-23(18)3/h5-6,8-9,11,16-17H,4,7,10,12H2,1-3H3,(H2,21,22,24)/t16-,17-/m0/s1. The highest BCUT2D eigenvalue weighted by atomic mass is 16.5. The average molecular weight is 342 g/mol. The number of urea groups is 1. The van der Waals surface area contributed by atoms with Gasteiger partial charge in [0.1, 0.15) is 11.9 Å². The van der Waals surface area contributed by atoms with Crippen LogP contribution in [0, 0.1) is 6.92 Å². The van der Waals surface area contributed by atoms with E-state index in [1.54, 1.807) is 6.20 Å². The molecule has 0 radical (unpaired) electrons. The Hall–Kier alpha value is -2.34. The summed E-state index contributed by atoms with van der Waals surface area (Å²) in [4.78, 5) is 16.7. The van der Waals surface area contributed by atoms with Crippen LogP contribution in [0.2, 0.25) is 0 Å². The zero-order valence-electron chi connectivity index (χ0n) is 15.1. The number of carbonyl (C=O) groups excluding carboxylic acids is 1. The minimum Gasteiger partial charge on any atom is -0.370 e. The first-order valence-electron chi connectivity index (χ1n) is 8.82. The van der Waals surface area contributed by atoms with Gasteiger partial charge in [-0.15, -0.1) is 0 Å². The van der Waals surface area contributed by atoms with Crippen LogP contribution in [0.4, 0.5) is 10.5 Å². The Kier molecular flexibility index (Phi) is 5.38. The van der Waals surface area contributed by atoms with Gasteiger partial charge in [0.15, 0.2) is 0 Å². The van der Waals surface area contributed by atoms with Crippen molar-refractivity contribution < 1.29 is 9.53 Å². The molecule has 1 fully saturated rings. The summed E-state index contributed by atoms with van der Waals surface area (Å²) in [7, 11) is 1.96. The lowest BCUT2D eigenvalue weighted by Gasteiger charge is -2.29. The zero-order chi connectivity index (χ0) is 17.8. The third-order valence-electron chi connectivity index (χ3n) is 4.75. The van der Waals surface area contributed by atoms with Crippen LogP contribution in [-0.4, -0.2) is 28.2 Å². The lowest BCUT2D eigenvalue weighted by molar-refractivity contribution is -0.00410. The minimum atomic E-state index is -0.170. The number of hydrogen-bond acceptors (Lipinski definition) is 3. The third kappa shape index (κ3) is 4.20. The van der Waals surface area contributed by atoms with Crippen LogP contribution in [0.25, 0.3) is 0 Å². The highest BCUT2D eigenvalue weighted by Gasteiger charge is 2.27. The van der Waals surface area contributed by atoms with Crippen molar-refractivity contribution in [3.8, 4) is 0 Å². The Morgan fingerprint density at radius 2 is 2.28 bits per heavy atom. The van der Waals surface area contributed by atoms with Gasteiger partial charge in [-0.3, -0.25) is 0 Å². The summed E-state index contributed by atoms with van der Waals surface area (Å²) in [5.74, 6) is 0.901. The van der Waals surface area contributed by atoms with Crippen LogP contribution >= 0.6 is 0 Å². The molecular formula is C19H26N4O2. The van der Waals surface area contributed by atoms with Crippen LogP contribution in [0.3, 0.4) is 0 Å². The van der Waals surface area contributed by atoms with Gasteiger partial charge in [0, 0.05) is 44.2 Å². The number of aromatic nitrogens is 2. The number of nitrogens with zero attached hydrogens (tertiary/aromatic N) is 2. The first kappa shape index (κ1) is 17.5. The Labute approximate surface area is 148 Å². The molecule has 2 aromatic rings. The van der Waals surface area contributed by atoms with Crippen molar-refractivity contribution in [1.29, 1.82) is 0 Å². The molecule has 1 saturated heterocycles. The van der Waals surface area contributed by atoms with Gasteiger partial charge >= 0.3 is 6.03 Å². The fourth-order valence-electron chi connectivity index (χ4n) is 3.28. The lowest BCUT2D eigenvalue weighted by atomic mass is 10.0. The largest absolute Gasteiger partial charge is 0.370 e. The predicted molar refractivity (Wildman–Crippen MR) is 97.6 cm³/mol. The zero-order valence-corrected chi connectivity index (χ0v) is 15.1. The number of rotatable bonds is 4. The molecule has 6 nitrogen and oxygen atoms in total. The van der Waals surface area contributed by atoms with Crippen LogP contribution in [0.15, 0.2) is 30.6 Å². The molecule has 1 aliphatic heterocycles. The summed E-state index contributed by atoms with van der Waals surface area (Å²) in [5.41, 5.74) is 3.32. The summed E-state index contributed by atoms with van der Waals surface area (Å²) >= 11 is 0. The van der Waals surface area contributed by atoms with Crippen molar-refractivity contribution in [2.24, 2.45) is 7.05 Å². The van der Waals surface area contributed by atoms with Crippen LogP contribution < -0.4 is 10.6 Å². The van der Waals surface area contributed by atoms with Crippen LogP contribution in [0.5, 0.6) is 0 Å². The average Bonchev–Trinajstić information content (AvgIpc) is 3.03. The lowest BCUT2D eigenvalue weighted by Crippen LogP contribution is -2.42. The third-order valence-corrected chi connectivity index (χ3v) is 4.75. The van der Waals surface area contributed by atoms with Gasteiger partial charge in [0.2, 0.25) is 0 Å². The number of hydrogen-bond donors (Lipinski definition) is 2. The second-order valence-corrected chi connectivity index (χ2v) is 6.57. The summed E-state index contributed by atoms with van der Waals surface area (Å²) in [6.07, 6.45) is 6.09. The van der Waals surface area contributed by atoms with Gasteiger partial charge in [0.05, 0.1) is 0 Å². The van der Waals surface area contributed by atoms with Crippen molar-refractivity contribution >= 4 is 11.7 Å². The highest BCUT2D eigenvalue weighted by Crippen LogP contribution is 2.26. The van der Waals surface area contributed by atoms with Crippen LogP contribution in [-0.2, 0) is 18.2 Å². The van der Waals surface area contributed by atoms with Crippen molar-refractivity contribution in [1.82, 2.24) is 14.9 Å². The fraction of sp³-hybridized carbons (Fsp3) is 0.474. The number of nitrogens with one attached hydrogen (secondary N) is 2. The Bertz CT molecular complexity index is 741. The molecule has 25 heavy (non-hydrogen) atoms. The molecule has 2 atom stereocenters. The number of anilines is 1. The molecule has 2 amide bonds. The number of aryl methyl sites for hydroxylation is 3. The van der Waals surface area contributed by atoms with E-state index in [1.165, 1.54) is 11.1 Å². The van der Waals surface area contributed by atoms with E-state index in [1.807, 2.05) is 36.0 Å². The number of amides is 2. The molecule has 1 aromatic carbocycles. The van der Waals surface area contributed by atoms with E-state index in [2.05, 4.69) is 29.5 Å². The molecule has 3 rings (SSSR count). The number of benzene rings is 1. The van der Waals surface area contributed by atoms with E-state index in [4.69, 9.17) is 4.74 Å². The molecule has 0 bridgehead atoms. The summed E-state index contributed by atoms with van der Waals surface area (Å²) < 4.78 is 7.79. The van der Waals surface area contributed by atoms with E-state index in [0.29, 0.717) is 6.61 Å². The molecule has 0 aliphatic carbocycles. The summed E-state index contributed by atoms with van der Waals surface area (Å²) in [6.45, 7) is 4.82. The molecule has 0 unspecified atom stereocenters.